The van der Waals surface area contributed by atoms with Gasteiger partial charge in [-0.05, 0) is 55.9 Å². The molecule has 2 aromatic rings. The molecule has 4 heteroatoms. The number of nitrogens with zero attached hydrogens (tertiary/aromatic N) is 1. The molecule has 0 bridgehead atoms. The van der Waals surface area contributed by atoms with E-state index in [0.29, 0.717) is 29.8 Å². The van der Waals surface area contributed by atoms with Gasteiger partial charge in [-0.15, -0.1) is 0 Å². The number of carbonyl (C=O) groups is 2. The van der Waals surface area contributed by atoms with Gasteiger partial charge in [-0.25, -0.2) is 0 Å². The second-order valence-electron chi connectivity index (χ2n) is 8.04. The Bertz CT molecular complexity index is 855. The number of benzene rings is 2. The Morgan fingerprint density at radius 3 is 2.44 bits per heavy atom. The minimum atomic E-state index is 0.0361. The molecule has 2 unspecified atom stereocenters. The summed E-state index contributed by atoms with van der Waals surface area (Å²) in [5, 5.41) is 2.96. The molecule has 2 amide bonds. The lowest BCUT2D eigenvalue weighted by Crippen LogP contribution is -2.32. The summed E-state index contributed by atoms with van der Waals surface area (Å²) in [7, 11) is 0. The zero-order valence-corrected chi connectivity index (χ0v) is 15.9. The van der Waals surface area contributed by atoms with Gasteiger partial charge in [0.15, 0.2) is 0 Å². The van der Waals surface area contributed by atoms with Crippen LogP contribution in [0, 0.1) is 18.8 Å². The van der Waals surface area contributed by atoms with Crippen molar-refractivity contribution in [1.29, 1.82) is 0 Å². The molecule has 0 heterocycles. The van der Waals surface area contributed by atoms with Crippen molar-refractivity contribution in [2.75, 3.05) is 5.32 Å². The maximum atomic E-state index is 13.1. The lowest BCUT2D eigenvalue weighted by atomic mass is 10.1. The van der Waals surface area contributed by atoms with Crippen LogP contribution in [-0.2, 0) is 11.3 Å². The molecule has 0 spiro atoms. The van der Waals surface area contributed by atoms with E-state index in [2.05, 4.69) is 43.4 Å². The highest BCUT2D eigenvalue weighted by Crippen LogP contribution is 2.38. The van der Waals surface area contributed by atoms with Crippen molar-refractivity contribution < 1.29 is 9.59 Å². The predicted molar refractivity (Wildman–Crippen MR) is 106 cm³/mol. The second kappa shape index (κ2) is 7.18. The van der Waals surface area contributed by atoms with Crippen LogP contribution in [0.5, 0.6) is 0 Å². The van der Waals surface area contributed by atoms with Crippen molar-refractivity contribution in [2.45, 2.75) is 45.7 Å². The Labute approximate surface area is 160 Å². The van der Waals surface area contributed by atoms with E-state index in [1.54, 1.807) is 6.07 Å². The molecule has 2 saturated carbocycles. The summed E-state index contributed by atoms with van der Waals surface area (Å²) in [5.41, 5.74) is 3.70. The molecule has 0 radical (unpaired) electrons. The first-order valence-electron chi connectivity index (χ1n) is 9.78. The van der Waals surface area contributed by atoms with Gasteiger partial charge in [-0.3, -0.25) is 9.59 Å². The van der Waals surface area contributed by atoms with Gasteiger partial charge in [0.05, 0.1) is 0 Å². The minimum Gasteiger partial charge on any atom is -0.331 e. The zero-order chi connectivity index (χ0) is 19.0. The van der Waals surface area contributed by atoms with Gasteiger partial charge in [0.2, 0.25) is 5.91 Å². The lowest BCUT2D eigenvalue weighted by molar-refractivity contribution is -0.117. The Morgan fingerprint density at radius 1 is 1.11 bits per heavy atom. The SMILES string of the molecule is Cc1ccc(CN(C(=O)c2cccc(NC(=O)C3CC3C)c2)C2CC2)cc1. The first-order valence-corrected chi connectivity index (χ1v) is 9.78. The molecule has 2 aliphatic carbocycles. The van der Waals surface area contributed by atoms with Gasteiger partial charge in [0.1, 0.15) is 0 Å². The normalized spacial score (nSPS) is 20.8. The standard InChI is InChI=1S/C23H26N2O2/c1-15-6-8-17(9-7-15)14-25(20-10-11-20)23(27)18-4-3-5-19(13-18)24-22(26)21-12-16(21)2/h3-9,13,16,20-21H,10-12,14H2,1-2H3,(H,24,26). The third-order valence-corrected chi connectivity index (χ3v) is 5.55. The molecule has 1 N–H and O–H groups in total. The van der Waals surface area contributed by atoms with Crippen LogP contribution < -0.4 is 5.32 Å². The highest BCUT2D eigenvalue weighted by Gasteiger charge is 2.39. The average Bonchev–Trinajstić information content (AvgIpc) is 3.57. The Hall–Kier alpha value is -2.62. The fourth-order valence-electron chi connectivity index (χ4n) is 3.46. The van der Waals surface area contributed by atoms with Crippen LogP contribution in [0.3, 0.4) is 0 Å². The van der Waals surface area contributed by atoms with Crippen molar-refractivity contribution in [3.8, 4) is 0 Å². The molecule has 2 fully saturated rings. The van der Waals surface area contributed by atoms with Gasteiger partial charge in [0, 0.05) is 29.8 Å². The quantitative estimate of drug-likeness (QED) is 0.828. The van der Waals surface area contributed by atoms with Crippen molar-refractivity contribution in [1.82, 2.24) is 4.90 Å². The maximum absolute atomic E-state index is 13.1. The van der Waals surface area contributed by atoms with E-state index >= 15 is 0 Å². The van der Waals surface area contributed by atoms with Crippen LogP contribution in [0.4, 0.5) is 5.69 Å². The van der Waals surface area contributed by atoms with E-state index < -0.39 is 0 Å². The molecule has 140 valence electrons. The van der Waals surface area contributed by atoms with E-state index in [-0.39, 0.29) is 17.7 Å². The molecule has 0 aromatic heterocycles. The zero-order valence-electron chi connectivity index (χ0n) is 15.9. The number of aryl methyl sites for hydroxylation is 1. The number of carbonyl (C=O) groups excluding carboxylic acids is 2. The number of hydrogen-bond donors (Lipinski definition) is 1. The molecule has 0 saturated heterocycles. The molecule has 4 rings (SSSR count). The van der Waals surface area contributed by atoms with E-state index in [1.165, 1.54) is 5.56 Å². The monoisotopic (exact) mass is 362 g/mol. The summed E-state index contributed by atoms with van der Waals surface area (Å²) < 4.78 is 0. The fourth-order valence-corrected chi connectivity index (χ4v) is 3.46. The number of anilines is 1. The van der Waals surface area contributed by atoms with Crippen LogP contribution in [-0.4, -0.2) is 22.8 Å². The van der Waals surface area contributed by atoms with Gasteiger partial charge in [-0.1, -0.05) is 42.8 Å². The molecule has 0 aliphatic heterocycles. The summed E-state index contributed by atoms with van der Waals surface area (Å²) in [4.78, 5) is 27.3. The Kier molecular flexibility index (Phi) is 4.73. The molecular formula is C23H26N2O2. The topological polar surface area (TPSA) is 49.4 Å². The highest BCUT2D eigenvalue weighted by atomic mass is 16.2. The smallest absolute Gasteiger partial charge is 0.254 e. The molecule has 2 atom stereocenters. The lowest BCUT2D eigenvalue weighted by Gasteiger charge is -2.23. The number of hydrogen-bond acceptors (Lipinski definition) is 2. The maximum Gasteiger partial charge on any atom is 0.254 e. The van der Waals surface area contributed by atoms with Gasteiger partial charge in [-0.2, -0.15) is 0 Å². The van der Waals surface area contributed by atoms with E-state index in [4.69, 9.17) is 0 Å². The van der Waals surface area contributed by atoms with Crippen molar-refractivity contribution in [3.63, 3.8) is 0 Å². The van der Waals surface area contributed by atoms with Crippen molar-refractivity contribution in [2.24, 2.45) is 11.8 Å². The fraction of sp³-hybridized carbons (Fsp3) is 0.391. The summed E-state index contributed by atoms with van der Waals surface area (Å²) in [5.74, 6) is 0.684. The molecule has 2 aromatic carbocycles. The van der Waals surface area contributed by atoms with Gasteiger partial charge >= 0.3 is 0 Å². The summed E-state index contributed by atoms with van der Waals surface area (Å²) in [6, 6.07) is 16.0. The van der Waals surface area contributed by atoms with Crippen LogP contribution >= 0.6 is 0 Å². The first-order chi connectivity index (χ1) is 13.0. The third kappa shape index (κ3) is 4.21. The first kappa shape index (κ1) is 17.8. The average molecular weight is 362 g/mol. The van der Waals surface area contributed by atoms with Crippen LogP contribution in [0.1, 0.15) is 47.7 Å². The predicted octanol–water partition coefficient (Wildman–Crippen LogP) is 4.39. The van der Waals surface area contributed by atoms with Crippen molar-refractivity contribution in [3.05, 3.63) is 65.2 Å². The van der Waals surface area contributed by atoms with Crippen molar-refractivity contribution >= 4 is 17.5 Å². The second-order valence-corrected chi connectivity index (χ2v) is 8.04. The third-order valence-electron chi connectivity index (χ3n) is 5.55. The van der Waals surface area contributed by atoms with Crippen LogP contribution in [0.2, 0.25) is 0 Å². The molecule has 4 nitrogen and oxygen atoms in total. The van der Waals surface area contributed by atoms with Gasteiger partial charge in [0.25, 0.3) is 5.91 Å². The highest BCUT2D eigenvalue weighted by molar-refractivity contribution is 5.98. The Balaban J connectivity index is 1.48. The molecule has 27 heavy (non-hydrogen) atoms. The number of rotatable bonds is 6. The summed E-state index contributed by atoms with van der Waals surface area (Å²) in [6.45, 7) is 4.78. The Morgan fingerprint density at radius 2 is 1.81 bits per heavy atom. The largest absolute Gasteiger partial charge is 0.331 e. The van der Waals surface area contributed by atoms with Crippen LogP contribution in [0.15, 0.2) is 48.5 Å². The molecular weight excluding hydrogens is 336 g/mol. The van der Waals surface area contributed by atoms with E-state index in [1.807, 2.05) is 23.1 Å². The van der Waals surface area contributed by atoms with E-state index in [0.717, 1.165) is 24.8 Å². The minimum absolute atomic E-state index is 0.0361. The summed E-state index contributed by atoms with van der Waals surface area (Å²) >= 11 is 0. The molecule has 2 aliphatic rings. The van der Waals surface area contributed by atoms with Gasteiger partial charge < -0.3 is 10.2 Å². The summed E-state index contributed by atoms with van der Waals surface area (Å²) in [6.07, 6.45) is 3.08. The number of nitrogens with one attached hydrogen (secondary N) is 1. The van der Waals surface area contributed by atoms with Crippen LogP contribution in [0.25, 0.3) is 0 Å². The number of amides is 2. The van der Waals surface area contributed by atoms with E-state index in [9.17, 15) is 9.59 Å².